The predicted molar refractivity (Wildman–Crippen MR) is 130 cm³/mol. The number of ether oxygens (including phenoxy) is 1. The van der Waals surface area contributed by atoms with Crippen molar-refractivity contribution in [2.24, 2.45) is 12.8 Å². The minimum atomic E-state index is -0.775. The molecule has 1 unspecified atom stereocenters. The molecule has 0 radical (unpaired) electrons. The van der Waals surface area contributed by atoms with E-state index in [0.29, 0.717) is 18.3 Å². The van der Waals surface area contributed by atoms with Gasteiger partial charge in [0, 0.05) is 38.9 Å². The summed E-state index contributed by atoms with van der Waals surface area (Å²) in [5.74, 6) is -0.688. The first-order chi connectivity index (χ1) is 16.8. The van der Waals surface area contributed by atoms with Crippen molar-refractivity contribution in [1.82, 2.24) is 14.7 Å². The number of aryl methyl sites for hydroxylation is 1. The van der Waals surface area contributed by atoms with Crippen molar-refractivity contribution >= 4 is 11.8 Å². The first-order valence-corrected chi connectivity index (χ1v) is 11.3. The van der Waals surface area contributed by atoms with Gasteiger partial charge in [0.15, 0.2) is 11.6 Å². The highest BCUT2D eigenvalue weighted by Gasteiger charge is 2.24. The predicted octanol–water partition coefficient (Wildman–Crippen LogP) is 3.47. The maximum atomic E-state index is 13.1. The van der Waals surface area contributed by atoms with Gasteiger partial charge >= 0.3 is 6.03 Å². The number of halogens is 2. The summed E-state index contributed by atoms with van der Waals surface area (Å²) in [7, 11) is 3.40. The van der Waals surface area contributed by atoms with Crippen LogP contribution in [-0.4, -0.2) is 59.2 Å². The Kier molecular flexibility index (Phi) is 9.30. The zero-order valence-corrected chi connectivity index (χ0v) is 19.9. The fourth-order valence-electron chi connectivity index (χ4n) is 3.93. The van der Waals surface area contributed by atoms with Crippen LogP contribution in [0, 0.1) is 11.6 Å². The van der Waals surface area contributed by atoms with Gasteiger partial charge in [0.05, 0.1) is 18.9 Å². The normalized spacial score (nSPS) is 15.5. The quantitative estimate of drug-likeness (QED) is 0.473. The van der Waals surface area contributed by atoms with Gasteiger partial charge in [0.1, 0.15) is 5.82 Å². The van der Waals surface area contributed by atoms with Crippen LogP contribution in [0.25, 0.3) is 11.3 Å². The summed E-state index contributed by atoms with van der Waals surface area (Å²) >= 11 is 0. The lowest BCUT2D eigenvalue weighted by molar-refractivity contribution is 0.160. The number of aliphatic hydroxyl groups is 1. The van der Waals surface area contributed by atoms with E-state index in [1.165, 1.54) is 12.1 Å². The number of amides is 2. The molecule has 0 saturated carbocycles. The number of hydrogen-bond donors (Lipinski definition) is 3. The summed E-state index contributed by atoms with van der Waals surface area (Å²) in [6.45, 7) is 3.51. The SMILES string of the molecule is COCCN1CCC(c2ccc(F)c(F)c2)C1.Cn1nc(-c2ccc(CO)cc2)cc1NC(N)=O. The van der Waals surface area contributed by atoms with E-state index in [2.05, 4.69) is 15.3 Å². The van der Waals surface area contributed by atoms with E-state index in [1.807, 2.05) is 24.3 Å². The maximum Gasteiger partial charge on any atom is 0.317 e. The van der Waals surface area contributed by atoms with E-state index in [1.54, 1.807) is 31.0 Å². The van der Waals surface area contributed by atoms with Gasteiger partial charge in [0.25, 0.3) is 0 Å². The van der Waals surface area contributed by atoms with E-state index in [9.17, 15) is 13.6 Å². The number of nitrogens with one attached hydrogen (secondary N) is 1. The largest absolute Gasteiger partial charge is 0.392 e. The summed E-state index contributed by atoms with van der Waals surface area (Å²) < 4.78 is 32.5. The van der Waals surface area contributed by atoms with Crippen LogP contribution in [0.1, 0.15) is 23.5 Å². The Hall–Kier alpha value is -3.34. The average molecular weight is 488 g/mol. The van der Waals surface area contributed by atoms with Gasteiger partial charge in [-0.3, -0.25) is 10.00 Å². The molecule has 1 aliphatic rings. The monoisotopic (exact) mass is 487 g/mol. The van der Waals surface area contributed by atoms with Gasteiger partial charge in [0.2, 0.25) is 0 Å². The number of rotatable bonds is 7. The molecule has 0 spiro atoms. The number of primary amides is 1. The number of aromatic nitrogens is 2. The van der Waals surface area contributed by atoms with Gasteiger partial charge < -0.3 is 20.5 Å². The van der Waals surface area contributed by atoms with Crippen molar-refractivity contribution < 1.29 is 23.4 Å². The molecular weight excluding hydrogens is 456 g/mol. The van der Waals surface area contributed by atoms with Gasteiger partial charge in [-0.2, -0.15) is 5.10 Å². The molecule has 35 heavy (non-hydrogen) atoms. The molecule has 1 fully saturated rings. The summed E-state index contributed by atoms with van der Waals surface area (Å²) in [4.78, 5) is 13.1. The molecule has 4 rings (SSSR count). The number of carbonyl (C=O) groups excluding carboxylic acids is 1. The fourth-order valence-corrected chi connectivity index (χ4v) is 3.93. The second-order valence-electron chi connectivity index (χ2n) is 8.34. The third-order valence-electron chi connectivity index (χ3n) is 5.86. The van der Waals surface area contributed by atoms with E-state index < -0.39 is 17.7 Å². The standard InChI is InChI=1S/C13H17F2NO.C12H14N4O2/c1-17-7-6-16-5-4-11(9-16)10-2-3-12(14)13(15)8-10;1-16-11(14-12(13)18)6-10(15-16)9-4-2-8(7-17)3-5-9/h2-3,8,11H,4-7,9H2,1H3;2-6,17H,7H2,1H3,(H3,13,14,18). The van der Waals surface area contributed by atoms with Crippen molar-refractivity contribution in [1.29, 1.82) is 0 Å². The molecule has 2 heterocycles. The molecule has 1 aromatic heterocycles. The van der Waals surface area contributed by atoms with Crippen molar-refractivity contribution in [3.8, 4) is 11.3 Å². The molecule has 4 N–H and O–H groups in total. The highest BCUT2D eigenvalue weighted by atomic mass is 19.2. The lowest BCUT2D eigenvalue weighted by Crippen LogP contribution is -2.24. The molecule has 0 bridgehead atoms. The molecule has 3 aromatic rings. The molecule has 188 valence electrons. The number of aliphatic hydroxyl groups excluding tert-OH is 1. The third kappa shape index (κ3) is 7.32. The van der Waals surface area contributed by atoms with E-state index in [0.717, 1.165) is 48.4 Å². The van der Waals surface area contributed by atoms with Crippen LogP contribution in [0.2, 0.25) is 0 Å². The summed E-state index contributed by atoms with van der Waals surface area (Å²) in [6, 6.07) is 12.7. The minimum Gasteiger partial charge on any atom is -0.392 e. The average Bonchev–Trinajstić information content (AvgIpc) is 3.46. The Morgan fingerprint density at radius 3 is 2.57 bits per heavy atom. The smallest absolute Gasteiger partial charge is 0.317 e. The molecule has 2 amide bonds. The number of carbonyl (C=O) groups is 1. The summed E-state index contributed by atoms with van der Waals surface area (Å²) in [5.41, 5.74) is 8.42. The molecule has 1 saturated heterocycles. The second-order valence-corrected chi connectivity index (χ2v) is 8.34. The van der Waals surface area contributed by atoms with E-state index in [4.69, 9.17) is 15.6 Å². The van der Waals surface area contributed by atoms with Crippen LogP contribution >= 0.6 is 0 Å². The van der Waals surface area contributed by atoms with Gasteiger partial charge in [-0.05, 0) is 42.1 Å². The topological polar surface area (TPSA) is 106 Å². The second kappa shape index (κ2) is 12.4. The Bertz CT molecular complexity index is 1120. The Balaban J connectivity index is 0.000000196. The summed E-state index contributed by atoms with van der Waals surface area (Å²) in [5, 5.41) is 15.7. The maximum absolute atomic E-state index is 13.1. The zero-order chi connectivity index (χ0) is 25.4. The van der Waals surface area contributed by atoms with Crippen LogP contribution < -0.4 is 11.1 Å². The van der Waals surface area contributed by atoms with Crippen LogP contribution in [0.15, 0.2) is 48.5 Å². The molecule has 10 heteroatoms. The highest BCUT2D eigenvalue weighted by Crippen LogP contribution is 2.28. The first-order valence-electron chi connectivity index (χ1n) is 11.3. The summed E-state index contributed by atoms with van der Waals surface area (Å²) in [6.07, 6.45) is 0.995. The number of anilines is 1. The fraction of sp³-hybridized carbons (Fsp3) is 0.360. The zero-order valence-electron chi connectivity index (χ0n) is 19.9. The van der Waals surface area contributed by atoms with Crippen LogP contribution in [-0.2, 0) is 18.4 Å². The number of hydrogen-bond acceptors (Lipinski definition) is 5. The molecule has 1 aliphatic heterocycles. The lowest BCUT2D eigenvalue weighted by atomic mass is 9.98. The first kappa shape index (κ1) is 26.3. The lowest BCUT2D eigenvalue weighted by Gasteiger charge is -2.15. The molecule has 2 aromatic carbocycles. The van der Waals surface area contributed by atoms with Crippen LogP contribution in [0.5, 0.6) is 0 Å². The number of urea groups is 1. The van der Waals surface area contributed by atoms with Crippen LogP contribution in [0.3, 0.4) is 0 Å². The van der Waals surface area contributed by atoms with Crippen molar-refractivity contribution in [2.75, 3.05) is 38.7 Å². The number of benzene rings is 2. The van der Waals surface area contributed by atoms with E-state index in [-0.39, 0.29) is 6.61 Å². The van der Waals surface area contributed by atoms with Gasteiger partial charge in [-0.25, -0.2) is 13.6 Å². The minimum absolute atomic E-state index is 0.0109. The molecular formula is C25H31F2N5O3. The number of nitrogens with two attached hydrogens (primary N) is 1. The molecule has 8 nitrogen and oxygen atoms in total. The highest BCUT2D eigenvalue weighted by molar-refractivity contribution is 5.87. The molecule has 1 atom stereocenters. The Morgan fingerprint density at radius 2 is 1.94 bits per heavy atom. The molecule has 0 aliphatic carbocycles. The van der Waals surface area contributed by atoms with Crippen LogP contribution in [0.4, 0.5) is 19.4 Å². The number of methoxy groups -OCH3 is 1. The van der Waals surface area contributed by atoms with Crippen molar-refractivity contribution in [3.63, 3.8) is 0 Å². The number of likely N-dealkylation sites (tertiary alicyclic amines) is 1. The third-order valence-corrected chi connectivity index (χ3v) is 5.86. The number of nitrogens with zero attached hydrogens (tertiary/aromatic N) is 3. The van der Waals surface area contributed by atoms with E-state index >= 15 is 0 Å². The Labute approximate surface area is 203 Å². The van der Waals surface area contributed by atoms with Crippen molar-refractivity contribution in [3.05, 3.63) is 71.3 Å². The van der Waals surface area contributed by atoms with Crippen molar-refractivity contribution in [2.45, 2.75) is 18.9 Å². The van der Waals surface area contributed by atoms with Gasteiger partial charge in [-0.1, -0.05) is 30.3 Å². The Morgan fingerprint density at radius 1 is 1.20 bits per heavy atom. The van der Waals surface area contributed by atoms with Gasteiger partial charge in [-0.15, -0.1) is 0 Å².